The minimum Gasteiger partial charge on any atom is -0.253 e. The zero-order valence-electron chi connectivity index (χ0n) is 10.3. The third kappa shape index (κ3) is 3.42. The van der Waals surface area contributed by atoms with Gasteiger partial charge in [-0.15, -0.1) is 0 Å². The first-order valence-corrected chi connectivity index (χ1v) is 6.38. The Balaban J connectivity index is 2.15. The normalized spacial score (nSPS) is 21.0. The monoisotopic (exact) mass is 225 g/mol. The van der Waals surface area contributed by atoms with E-state index in [1.807, 2.05) is 18.2 Å². The first kappa shape index (κ1) is 11.8. The van der Waals surface area contributed by atoms with Gasteiger partial charge in [-0.3, -0.25) is 4.99 Å². The second kappa shape index (κ2) is 6.19. The summed E-state index contributed by atoms with van der Waals surface area (Å²) in [7, 11) is 0. The van der Waals surface area contributed by atoms with Gasteiger partial charge in [0.1, 0.15) is 0 Å². The van der Waals surface area contributed by atoms with Crippen molar-refractivity contribution in [3.63, 3.8) is 0 Å². The Morgan fingerprint density at radius 2 is 1.94 bits per heavy atom. The van der Waals surface area contributed by atoms with Crippen molar-refractivity contribution in [2.45, 2.75) is 26.2 Å². The third-order valence-corrected chi connectivity index (χ3v) is 2.98. The van der Waals surface area contributed by atoms with Gasteiger partial charge in [0.05, 0.1) is 5.69 Å². The molecule has 2 rings (SSSR count). The van der Waals surface area contributed by atoms with E-state index in [4.69, 9.17) is 4.99 Å². The number of para-hydroxylation sites is 1. The Bertz CT molecular complexity index is 426. The molecule has 0 N–H and O–H groups in total. The van der Waals surface area contributed by atoms with Crippen molar-refractivity contribution in [2.75, 3.05) is 0 Å². The van der Waals surface area contributed by atoms with E-state index in [2.05, 4.69) is 43.4 Å². The largest absolute Gasteiger partial charge is 0.253 e. The van der Waals surface area contributed by atoms with Gasteiger partial charge < -0.3 is 0 Å². The number of nitrogens with zero attached hydrogens (tertiary/aromatic N) is 1. The fourth-order valence-electron chi connectivity index (χ4n) is 2.01. The Labute approximate surface area is 104 Å². The van der Waals surface area contributed by atoms with Crippen LogP contribution in [0.15, 0.2) is 59.6 Å². The summed E-state index contributed by atoms with van der Waals surface area (Å²) in [5.41, 5.74) is 2.23. The summed E-state index contributed by atoms with van der Waals surface area (Å²) >= 11 is 0. The Hall–Kier alpha value is -1.63. The van der Waals surface area contributed by atoms with Crippen LogP contribution in [0.4, 0.5) is 5.69 Å². The fourth-order valence-corrected chi connectivity index (χ4v) is 2.01. The second-order valence-electron chi connectivity index (χ2n) is 4.36. The van der Waals surface area contributed by atoms with Crippen LogP contribution < -0.4 is 0 Å². The molecule has 0 fully saturated rings. The lowest BCUT2D eigenvalue weighted by atomic mass is 9.93. The van der Waals surface area contributed by atoms with Gasteiger partial charge in [0.2, 0.25) is 0 Å². The first-order valence-electron chi connectivity index (χ1n) is 6.38. The fraction of sp³-hybridized carbons (Fsp3) is 0.312. The molecule has 0 spiro atoms. The van der Waals surface area contributed by atoms with E-state index in [-0.39, 0.29) is 0 Å². The van der Waals surface area contributed by atoms with E-state index in [1.54, 1.807) is 0 Å². The molecule has 0 saturated carbocycles. The number of aliphatic imine (C=N–C) groups is 1. The van der Waals surface area contributed by atoms with Crippen LogP contribution in [-0.2, 0) is 0 Å². The predicted molar refractivity (Wildman–Crippen MR) is 74.8 cm³/mol. The maximum atomic E-state index is 4.73. The van der Waals surface area contributed by atoms with E-state index in [0.29, 0.717) is 5.92 Å². The Kier molecular flexibility index (Phi) is 4.31. The zero-order chi connectivity index (χ0) is 11.9. The maximum Gasteiger partial charge on any atom is 0.0633 e. The van der Waals surface area contributed by atoms with Gasteiger partial charge >= 0.3 is 0 Å². The molecule has 1 nitrogen and oxygen atoms in total. The van der Waals surface area contributed by atoms with Gasteiger partial charge in [0.15, 0.2) is 0 Å². The van der Waals surface area contributed by atoms with Crippen molar-refractivity contribution in [3.05, 3.63) is 54.6 Å². The summed E-state index contributed by atoms with van der Waals surface area (Å²) in [5.74, 6) is 0.486. The number of allylic oxidation sites excluding steroid dienone is 4. The minimum absolute atomic E-state index is 0.486. The molecule has 1 aliphatic rings. The SMILES string of the molecule is CCCCC1C=CC=CC1=Nc1ccccc1. The van der Waals surface area contributed by atoms with E-state index in [9.17, 15) is 0 Å². The second-order valence-corrected chi connectivity index (χ2v) is 4.36. The third-order valence-electron chi connectivity index (χ3n) is 2.98. The van der Waals surface area contributed by atoms with Crippen LogP contribution in [0.5, 0.6) is 0 Å². The molecule has 17 heavy (non-hydrogen) atoms. The zero-order valence-corrected chi connectivity index (χ0v) is 10.3. The van der Waals surface area contributed by atoms with Crippen molar-refractivity contribution < 1.29 is 0 Å². The van der Waals surface area contributed by atoms with Crippen LogP contribution in [-0.4, -0.2) is 5.71 Å². The van der Waals surface area contributed by atoms with Crippen LogP contribution in [0, 0.1) is 5.92 Å². The van der Waals surface area contributed by atoms with E-state index >= 15 is 0 Å². The Morgan fingerprint density at radius 1 is 1.12 bits per heavy atom. The molecule has 0 bridgehead atoms. The maximum absolute atomic E-state index is 4.73. The topological polar surface area (TPSA) is 12.4 Å². The molecule has 1 aliphatic carbocycles. The highest BCUT2D eigenvalue weighted by atomic mass is 14.7. The van der Waals surface area contributed by atoms with Crippen molar-refractivity contribution in [2.24, 2.45) is 10.9 Å². The van der Waals surface area contributed by atoms with Gasteiger partial charge in [-0.25, -0.2) is 0 Å². The molecule has 0 amide bonds. The molecular formula is C16H19N. The van der Waals surface area contributed by atoms with Crippen molar-refractivity contribution in [3.8, 4) is 0 Å². The lowest BCUT2D eigenvalue weighted by Gasteiger charge is -2.15. The van der Waals surface area contributed by atoms with E-state index < -0.39 is 0 Å². The summed E-state index contributed by atoms with van der Waals surface area (Å²) in [6.07, 6.45) is 12.3. The molecule has 0 heterocycles. The standard InChI is InChI=1S/C16H19N/c1-2-3-9-14-10-7-8-13-16(14)17-15-11-5-4-6-12-15/h4-8,10-14H,2-3,9H2,1H3. The lowest BCUT2D eigenvalue weighted by Crippen LogP contribution is -2.11. The lowest BCUT2D eigenvalue weighted by molar-refractivity contribution is 0.665. The van der Waals surface area contributed by atoms with Crippen LogP contribution in [0.1, 0.15) is 26.2 Å². The molecule has 0 aliphatic heterocycles. The molecular weight excluding hydrogens is 206 g/mol. The van der Waals surface area contributed by atoms with Crippen LogP contribution >= 0.6 is 0 Å². The highest BCUT2D eigenvalue weighted by molar-refractivity contribution is 6.00. The number of rotatable bonds is 4. The van der Waals surface area contributed by atoms with E-state index in [1.165, 1.54) is 25.0 Å². The van der Waals surface area contributed by atoms with Crippen LogP contribution in [0.25, 0.3) is 0 Å². The highest BCUT2D eigenvalue weighted by Crippen LogP contribution is 2.20. The first-order chi connectivity index (χ1) is 8.40. The molecule has 1 unspecified atom stereocenters. The average molecular weight is 225 g/mol. The summed E-state index contributed by atoms with van der Waals surface area (Å²) < 4.78 is 0. The molecule has 0 aromatic heterocycles. The van der Waals surface area contributed by atoms with Gasteiger partial charge in [0.25, 0.3) is 0 Å². The smallest absolute Gasteiger partial charge is 0.0633 e. The summed E-state index contributed by atoms with van der Waals surface area (Å²) in [6, 6.07) is 10.2. The van der Waals surface area contributed by atoms with Crippen LogP contribution in [0.2, 0.25) is 0 Å². The molecule has 1 aromatic carbocycles. The number of benzene rings is 1. The van der Waals surface area contributed by atoms with Crippen molar-refractivity contribution in [1.82, 2.24) is 0 Å². The molecule has 0 saturated heterocycles. The Morgan fingerprint density at radius 3 is 2.71 bits per heavy atom. The number of unbranched alkanes of at least 4 members (excludes halogenated alkanes) is 1. The molecule has 0 radical (unpaired) electrons. The minimum atomic E-state index is 0.486. The van der Waals surface area contributed by atoms with Crippen molar-refractivity contribution in [1.29, 1.82) is 0 Å². The summed E-state index contributed by atoms with van der Waals surface area (Å²) in [6.45, 7) is 2.23. The quantitative estimate of drug-likeness (QED) is 0.704. The van der Waals surface area contributed by atoms with Crippen LogP contribution in [0.3, 0.4) is 0 Å². The van der Waals surface area contributed by atoms with Gasteiger partial charge in [-0.1, -0.05) is 56.2 Å². The van der Waals surface area contributed by atoms with Crippen molar-refractivity contribution >= 4 is 11.4 Å². The van der Waals surface area contributed by atoms with Gasteiger partial charge in [-0.05, 0) is 24.6 Å². The highest BCUT2D eigenvalue weighted by Gasteiger charge is 2.12. The summed E-state index contributed by atoms with van der Waals surface area (Å²) in [4.78, 5) is 4.73. The number of hydrogen-bond acceptors (Lipinski definition) is 1. The molecule has 1 atom stereocenters. The van der Waals surface area contributed by atoms with Gasteiger partial charge in [0, 0.05) is 11.6 Å². The van der Waals surface area contributed by atoms with Gasteiger partial charge in [-0.2, -0.15) is 0 Å². The predicted octanol–water partition coefficient (Wildman–Crippen LogP) is 4.69. The molecule has 1 aromatic rings. The molecule has 88 valence electrons. The molecule has 1 heteroatoms. The average Bonchev–Trinajstić information content (AvgIpc) is 2.39. The summed E-state index contributed by atoms with van der Waals surface area (Å²) in [5, 5.41) is 0. The van der Waals surface area contributed by atoms with E-state index in [0.717, 1.165) is 5.69 Å². The number of hydrogen-bond donors (Lipinski definition) is 0.